The van der Waals surface area contributed by atoms with Gasteiger partial charge in [0.1, 0.15) is 0 Å². The Labute approximate surface area is 157 Å². The highest BCUT2D eigenvalue weighted by atomic mass is 19.2. The molecule has 1 aliphatic carbocycles. The molecule has 2 aliphatic rings. The normalized spacial score (nSPS) is 29.7. The van der Waals surface area contributed by atoms with Crippen LogP contribution < -0.4 is 0 Å². The van der Waals surface area contributed by atoms with Gasteiger partial charge in [0.2, 0.25) is 0 Å². The number of ether oxygens (including phenoxy) is 1. The summed E-state index contributed by atoms with van der Waals surface area (Å²) in [6.45, 7) is 4.75. The lowest BCUT2D eigenvalue weighted by Crippen LogP contribution is -2.27. The molecule has 2 unspecified atom stereocenters. The third kappa shape index (κ3) is 5.28. The Bertz CT molecular complexity index is 570. The molecular weight excluding hydrogens is 330 g/mol. The maximum Gasteiger partial charge on any atom is 0.162 e. The van der Waals surface area contributed by atoms with Gasteiger partial charge in [0, 0.05) is 6.61 Å². The molecule has 0 spiro atoms. The summed E-state index contributed by atoms with van der Waals surface area (Å²) >= 11 is 0. The van der Waals surface area contributed by atoms with E-state index in [2.05, 4.69) is 6.92 Å². The first-order chi connectivity index (χ1) is 12.5. The van der Waals surface area contributed by atoms with Crippen LogP contribution >= 0.6 is 0 Å². The van der Waals surface area contributed by atoms with Crippen molar-refractivity contribution in [3.05, 3.63) is 34.9 Å². The molecule has 3 rings (SSSR count). The Morgan fingerprint density at radius 3 is 2.31 bits per heavy atom. The minimum absolute atomic E-state index is 0.377. The molecule has 1 nitrogen and oxygen atoms in total. The van der Waals surface area contributed by atoms with Gasteiger partial charge in [-0.05, 0) is 74.3 Å². The summed E-state index contributed by atoms with van der Waals surface area (Å²) in [5.41, 5.74) is 0.879. The van der Waals surface area contributed by atoms with Gasteiger partial charge < -0.3 is 4.74 Å². The molecule has 1 aliphatic heterocycles. The lowest BCUT2D eigenvalue weighted by Gasteiger charge is -2.31. The smallest absolute Gasteiger partial charge is 0.162 e. The fraction of sp³-hybridized carbons (Fsp3) is 0.739. The molecule has 2 fully saturated rings. The number of hydrogen-bond acceptors (Lipinski definition) is 1. The summed E-state index contributed by atoms with van der Waals surface area (Å²) < 4.78 is 33.7. The minimum Gasteiger partial charge on any atom is -0.378 e. The maximum atomic E-state index is 14.0. The van der Waals surface area contributed by atoms with E-state index in [1.54, 1.807) is 19.1 Å². The van der Waals surface area contributed by atoms with Crippen molar-refractivity contribution in [2.75, 3.05) is 6.61 Å². The van der Waals surface area contributed by atoms with Crippen molar-refractivity contribution in [2.45, 2.75) is 84.2 Å². The Morgan fingerprint density at radius 1 is 0.885 bits per heavy atom. The molecule has 1 saturated carbocycles. The zero-order valence-corrected chi connectivity index (χ0v) is 16.4. The molecule has 1 heterocycles. The number of hydrogen-bond donors (Lipinski definition) is 0. The summed E-state index contributed by atoms with van der Waals surface area (Å²) in [6, 6.07) is 3.40. The quantitative estimate of drug-likeness (QED) is 0.552. The molecule has 1 aromatic carbocycles. The lowest BCUT2D eigenvalue weighted by atomic mass is 9.80. The third-order valence-corrected chi connectivity index (χ3v) is 6.67. The highest BCUT2D eigenvalue weighted by molar-refractivity contribution is 5.25. The standard InChI is InChI=1S/C23H34F2O/c1-16-3-6-18(7-4-16)9-13-21-14-10-19(15-26-21)8-12-20-11-5-17(2)22(24)23(20)25/h5,11,16,18-19,21H,3-4,6-10,12-15H2,1-2H3. The van der Waals surface area contributed by atoms with Gasteiger partial charge in [0.15, 0.2) is 11.6 Å². The first-order valence-corrected chi connectivity index (χ1v) is 10.6. The summed E-state index contributed by atoms with van der Waals surface area (Å²) in [7, 11) is 0. The van der Waals surface area contributed by atoms with Crippen LogP contribution in [0.25, 0.3) is 0 Å². The van der Waals surface area contributed by atoms with Gasteiger partial charge >= 0.3 is 0 Å². The average Bonchev–Trinajstić information content (AvgIpc) is 2.66. The van der Waals surface area contributed by atoms with Crippen molar-refractivity contribution in [3.8, 4) is 0 Å². The van der Waals surface area contributed by atoms with Crippen molar-refractivity contribution in [2.24, 2.45) is 17.8 Å². The fourth-order valence-electron chi connectivity index (χ4n) is 4.59. The van der Waals surface area contributed by atoms with Crippen LogP contribution in [0.15, 0.2) is 12.1 Å². The van der Waals surface area contributed by atoms with Crippen LogP contribution in [0.5, 0.6) is 0 Å². The maximum absolute atomic E-state index is 14.0. The summed E-state index contributed by atoms with van der Waals surface area (Å²) in [5.74, 6) is 0.947. The SMILES string of the molecule is Cc1ccc(CCC2CCC(CCC3CCC(C)CC3)OC2)c(F)c1F. The van der Waals surface area contributed by atoms with E-state index in [9.17, 15) is 8.78 Å². The Balaban J connectivity index is 1.36. The predicted molar refractivity (Wildman–Crippen MR) is 102 cm³/mol. The van der Waals surface area contributed by atoms with E-state index in [4.69, 9.17) is 4.74 Å². The molecule has 0 N–H and O–H groups in total. The number of aryl methyl sites for hydroxylation is 2. The molecule has 1 saturated heterocycles. The van der Waals surface area contributed by atoms with E-state index in [1.807, 2.05) is 0 Å². The molecule has 0 aromatic heterocycles. The Kier molecular flexibility index (Phi) is 7.08. The lowest BCUT2D eigenvalue weighted by molar-refractivity contribution is -0.0252. The Morgan fingerprint density at radius 2 is 1.62 bits per heavy atom. The van der Waals surface area contributed by atoms with Gasteiger partial charge in [-0.25, -0.2) is 8.78 Å². The van der Waals surface area contributed by atoms with Crippen LogP contribution in [-0.2, 0) is 11.2 Å². The van der Waals surface area contributed by atoms with Gasteiger partial charge in [-0.3, -0.25) is 0 Å². The highest BCUT2D eigenvalue weighted by Gasteiger charge is 2.24. The molecule has 0 amide bonds. The third-order valence-electron chi connectivity index (χ3n) is 6.67. The summed E-state index contributed by atoms with van der Waals surface area (Å²) in [6.07, 6.45) is 12.3. The molecule has 0 bridgehead atoms. The van der Waals surface area contributed by atoms with E-state index in [0.717, 1.165) is 37.7 Å². The van der Waals surface area contributed by atoms with E-state index in [-0.39, 0.29) is 0 Å². The molecule has 146 valence electrons. The van der Waals surface area contributed by atoms with E-state index in [0.29, 0.717) is 29.6 Å². The zero-order chi connectivity index (χ0) is 18.5. The number of rotatable bonds is 6. The topological polar surface area (TPSA) is 9.23 Å². The van der Waals surface area contributed by atoms with E-state index in [1.165, 1.54) is 38.5 Å². The second-order valence-electron chi connectivity index (χ2n) is 8.81. The van der Waals surface area contributed by atoms with E-state index < -0.39 is 11.6 Å². The van der Waals surface area contributed by atoms with E-state index >= 15 is 0 Å². The first-order valence-electron chi connectivity index (χ1n) is 10.6. The van der Waals surface area contributed by atoms with Crippen LogP contribution in [0.4, 0.5) is 8.78 Å². The highest BCUT2D eigenvalue weighted by Crippen LogP contribution is 2.33. The summed E-state index contributed by atoms with van der Waals surface area (Å²) in [4.78, 5) is 0. The van der Waals surface area contributed by atoms with Crippen molar-refractivity contribution >= 4 is 0 Å². The largest absolute Gasteiger partial charge is 0.378 e. The van der Waals surface area contributed by atoms with Crippen LogP contribution in [0.1, 0.15) is 75.8 Å². The summed E-state index contributed by atoms with van der Waals surface area (Å²) in [5, 5.41) is 0. The van der Waals surface area contributed by atoms with Crippen LogP contribution in [-0.4, -0.2) is 12.7 Å². The second kappa shape index (κ2) is 9.30. The van der Waals surface area contributed by atoms with Crippen LogP contribution in [0.3, 0.4) is 0 Å². The molecule has 2 atom stereocenters. The Hall–Kier alpha value is -0.960. The molecule has 26 heavy (non-hydrogen) atoms. The van der Waals surface area contributed by atoms with Crippen molar-refractivity contribution in [3.63, 3.8) is 0 Å². The average molecular weight is 365 g/mol. The molecular formula is C23H34F2O. The number of benzene rings is 1. The van der Waals surface area contributed by atoms with Crippen molar-refractivity contribution in [1.29, 1.82) is 0 Å². The fourth-order valence-corrected chi connectivity index (χ4v) is 4.59. The monoisotopic (exact) mass is 364 g/mol. The van der Waals surface area contributed by atoms with Gasteiger partial charge in [-0.15, -0.1) is 0 Å². The zero-order valence-electron chi connectivity index (χ0n) is 16.4. The molecule has 3 heteroatoms. The minimum atomic E-state index is -0.695. The first kappa shape index (κ1) is 19.8. The van der Waals surface area contributed by atoms with Gasteiger partial charge in [-0.2, -0.15) is 0 Å². The molecule has 0 radical (unpaired) electrons. The van der Waals surface area contributed by atoms with Gasteiger partial charge in [0.25, 0.3) is 0 Å². The van der Waals surface area contributed by atoms with Crippen LogP contribution in [0, 0.1) is 36.3 Å². The predicted octanol–water partition coefficient (Wildman–Crippen LogP) is 6.61. The molecule has 1 aromatic rings. The second-order valence-corrected chi connectivity index (χ2v) is 8.81. The van der Waals surface area contributed by atoms with Gasteiger partial charge in [-0.1, -0.05) is 44.7 Å². The van der Waals surface area contributed by atoms with Crippen molar-refractivity contribution < 1.29 is 13.5 Å². The van der Waals surface area contributed by atoms with Crippen molar-refractivity contribution in [1.82, 2.24) is 0 Å². The number of halogens is 2. The van der Waals surface area contributed by atoms with Gasteiger partial charge in [0.05, 0.1) is 6.10 Å². The van der Waals surface area contributed by atoms with Crippen LogP contribution in [0.2, 0.25) is 0 Å².